The Hall–Kier alpha value is -0.900. The quantitative estimate of drug-likeness (QED) is 0.851. The van der Waals surface area contributed by atoms with Crippen LogP contribution in [0.3, 0.4) is 0 Å². The second kappa shape index (κ2) is 5.43. The Morgan fingerprint density at radius 1 is 1.44 bits per heavy atom. The van der Waals surface area contributed by atoms with Gasteiger partial charge in [0.1, 0.15) is 0 Å². The van der Waals surface area contributed by atoms with Crippen molar-refractivity contribution in [3.8, 4) is 0 Å². The topological polar surface area (TPSA) is 51.0 Å². The summed E-state index contributed by atoms with van der Waals surface area (Å²) in [5, 5.41) is 7.18. The summed E-state index contributed by atoms with van der Waals surface area (Å²) in [6.07, 6.45) is 5.50. The summed E-state index contributed by atoms with van der Waals surface area (Å²) in [5.74, 6) is 3.13. The van der Waals surface area contributed by atoms with Gasteiger partial charge in [-0.2, -0.15) is 4.98 Å². The molecule has 2 rings (SSSR count). The van der Waals surface area contributed by atoms with Gasteiger partial charge in [0.2, 0.25) is 5.89 Å². The van der Waals surface area contributed by atoms with Gasteiger partial charge in [-0.25, -0.2) is 0 Å². The van der Waals surface area contributed by atoms with Crippen molar-refractivity contribution in [3.05, 3.63) is 11.7 Å². The first kappa shape index (κ1) is 11.6. The maximum absolute atomic E-state index is 5.05. The first-order valence-corrected chi connectivity index (χ1v) is 6.24. The molecule has 1 fully saturated rings. The van der Waals surface area contributed by atoms with Gasteiger partial charge in [-0.05, 0) is 38.1 Å². The highest BCUT2D eigenvalue weighted by Gasteiger charge is 2.18. The second-order valence-corrected chi connectivity index (χ2v) is 5.00. The molecule has 0 amide bonds. The molecule has 1 aromatic heterocycles. The summed E-state index contributed by atoms with van der Waals surface area (Å²) < 4.78 is 5.05. The number of aromatic nitrogens is 2. The van der Waals surface area contributed by atoms with E-state index in [4.69, 9.17) is 4.52 Å². The van der Waals surface area contributed by atoms with Crippen LogP contribution in [0.15, 0.2) is 4.52 Å². The maximum atomic E-state index is 5.05. The summed E-state index contributed by atoms with van der Waals surface area (Å²) >= 11 is 0. The highest BCUT2D eigenvalue weighted by molar-refractivity contribution is 4.82. The van der Waals surface area contributed by atoms with Gasteiger partial charge in [-0.3, -0.25) is 0 Å². The lowest BCUT2D eigenvalue weighted by atomic mass is 9.82. The van der Waals surface area contributed by atoms with Crippen molar-refractivity contribution in [3.63, 3.8) is 0 Å². The van der Waals surface area contributed by atoms with Crippen molar-refractivity contribution in [1.29, 1.82) is 0 Å². The first-order valence-electron chi connectivity index (χ1n) is 6.24. The van der Waals surface area contributed by atoms with E-state index >= 15 is 0 Å². The fourth-order valence-electron chi connectivity index (χ4n) is 2.54. The summed E-state index contributed by atoms with van der Waals surface area (Å²) in [6.45, 7) is 5.97. The molecule has 1 aliphatic rings. The van der Waals surface area contributed by atoms with Gasteiger partial charge in [-0.15, -0.1) is 0 Å². The lowest BCUT2D eigenvalue weighted by Gasteiger charge is -2.26. The van der Waals surface area contributed by atoms with E-state index in [1.807, 2.05) is 6.92 Å². The monoisotopic (exact) mass is 223 g/mol. The van der Waals surface area contributed by atoms with Gasteiger partial charge < -0.3 is 9.84 Å². The first-order chi connectivity index (χ1) is 7.74. The van der Waals surface area contributed by atoms with Crippen molar-refractivity contribution in [1.82, 2.24) is 15.5 Å². The minimum atomic E-state index is 0.696. The van der Waals surface area contributed by atoms with E-state index in [1.54, 1.807) is 0 Å². The number of aryl methyl sites for hydroxylation is 1. The Morgan fingerprint density at radius 2 is 2.31 bits per heavy atom. The summed E-state index contributed by atoms with van der Waals surface area (Å²) in [4.78, 5) is 4.17. The highest BCUT2D eigenvalue weighted by Crippen LogP contribution is 2.27. The van der Waals surface area contributed by atoms with E-state index in [9.17, 15) is 0 Å². The molecule has 16 heavy (non-hydrogen) atoms. The minimum absolute atomic E-state index is 0.696. The molecule has 0 saturated heterocycles. The molecule has 90 valence electrons. The summed E-state index contributed by atoms with van der Waals surface area (Å²) in [5.41, 5.74) is 0. The molecule has 4 heteroatoms. The molecule has 2 atom stereocenters. The molecule has 1 saturated carbocycles. The molecule has 0 bridgehead atoms. The van der Waals surface area contributed by atoms with Crippen LogP contribution < -0.4 is 5.32 Å². The van der Waals surface area contributed by atoms with Crippen LogP contribution in [0, 0.1) is 18.8 Å². The predicted octanol–water partition coefficient (Wildman–Crippen LogP) is 2.29. The van der Waals surface area contributed by atoms with Crippen LogP contribution in [0.1, 0.15) is 44.3 Å². The molecule has 1 heterocycles. The average molecular weight is 223 g/mol. The van der Waals surface area contributed by atoms with Crippen molar-refractivity contribution in [2.75, 3.05) is 6.54 Å². The van der Waals surface area contributed by atoms with E-state index in [1.165, 1.54) is 25.7 Å². The molecular weight excluding hydrogens is 202 g/mol. The molecule has 1 N–H and O–H groups in total. The Balaban J connectivity index is 1.67. The molecular formula is C12H21N3O. The van der Waals surface area contributed by atoms with Gasteiger partial charge in [0.05, 0.1) is 6.54 Å². The third kappa shape index (κ3) is 3.30. The van der Waals surface area contributed by atoms with Crippen LogP contribution in [-0.4, -0.2) is 16.7 Å². The van der Waals surface area contributed by atoms with E-state index in [2.05, 4.69) is 22.4 Å². The number of rotatable bonds is 4. The zero-order valence-electron chi connectivity index (χ0n) is 10.2. The van der Waals surface area contributed by atoms with Gasteiger partial charge >= 0.3 is 0 Å². The van der Waals surface area contributed by atoms with Gasteiger partial charge in [0.25, 0.3) is 0 Å². The fraction of sp³-hybridized carbons (Fsp3) is 0.833. The molecule has 1 aromatic rings. The molecule has 0 aromatic carbocycles. The van der Waals surface area contributed by atoms with Crippen LogP contribution in [0.2, 0.25) is 0 Å². The van der Waals surface area contributed by atoms with Crippen LogP contribution >= 0.6 is 0 Å². The standard InChI is InChI=1S/C12H21N3O/c1-9-4-3-5-11(6-9)7-13-8-12-14-10(2)15-16-12/h9,11,13H,3-8H2,1-2H3. The van der Waals surface area contributed by atoms with Gasteiger partial charge in [0.15, 0.2) is 5.82 Å². The third-order valence-corrected chi connectivity index (χ3v) is 3.32. The Bertz CT molecular complexity index is 324. The Labute approximate surface area is 96.8 Å². The largest absolute Gasteiger partial charge is 0.338 e. The van der Waals surface area contributed by atoms with E-state index in [-0.39, 0.29) is 0 Å². The second-order valence-electron chi connectivity index (χ2n) is 5.00. The normalized spacial score (nSPS) is 25.9. The summed E-state index contributed by atoms with van der Waals surface area (Å²) in [6, 6.07) is 0. The number of nitrogens with one attached hydrogen (secondary N) is 1. The third-order valence-electron chi connectivity index (χ3n) is 3.32. The molecule has 0 radical (unpaired) electrons. The van der Waals surface area contributed by atoms with Gasteiger partial charge in [-0.1, -0.05) is 24.9 Å². The highest BCUT2D eigenvalue weighted by atomic mass is 16.5. The Morgan fingerprint density at radius 3 is 3.00 bits per heavy atom. The maximum Gasteiger partial charge on any atom is 0.240 e. The van der Waals surface area contributed by atoms with Crippen molar-refractivity contribution >= 4 is 0 Å². The number of hydrogen-bond acceptors (Lipinski definition) is 4. The zero-order chi connectivity index (χ0) is 11.4. The molecule has 2 unspecified atom stereocenters. The molecule has 0 spiro atoms. The van der Waals surface area contributed by atoms with Crippen molar-refractivity contribution in [2.45, 2.75) is 46.1 Å². The lowest BCUT2D eigenvalue weighted by molar-refractivity contribution is 0.269. The molecule has 0 aliphatic heterocycles. The van der Waals surface area contributed by atoms with Crippen molar-refractivity contribution < 1.29 is 4.52 Å². The van der Waals surface area contributed by atoms with Gasteiger partial charge in [0, 0.05) is 0 Å². The van der Waals surface area contributed by atoms with Crippen LogP contribution in [-0.2, 0) is 6.54 Å². The Kier molecular flexibility index (Phi) is 3.93. The zero-order valence-corrected chi connectivity index (χ0v) is 10.2. The minimum Gasteiger partial charge on any atom is -0.338 e. The van der Waals surface area contributed by atoms with Crippen LogP contribution in [0.4, 0.5) is 0 Å². The molecule has 4 nitrogen and oxygen atoms in total. The lowest BCUT2D eigenvalue weighted by Crippen LogP contribution is -2.26. The van der Waals surface area contributed by atoms with E-state index in [0.29, 0.717) is 18.3 Å². The van der Waals surface area contributed by atoms with Crippen LogP contribution in [0.25, 0.3) is 0 Å². The number of hydrogen-bond donors (Lipinski definition) is 1. The molecule has 1 aliphatic carbocycles. The van der Waals surface area contributed by atoms with Crippen LogP contribution in [0.5, 0.6) is 0 Å². The van der Waals surface area contributed by atoms with E-state index < -0.39 is 0 Å². The predicted molar refractivity (Wildman–Crippen MR) is 61.9 cm³/mol. The fourth-order valence-corrected chi connectivity index (χ4v) is 2.54. The SMILES string of the molecule is Cc1noc(CNCC2CCCC(C)C2)n1. The van der Waals surface area contributed by atoms with Crippen molar-refractivity contribution in [2.24, 2.45) is 11.8 Å². The number of nitrogens with zero attached hydrogens (tertiary/aromatic N) is 2. The summed E-state index contributed by atoms with van der Waals surface area (Å²) in [7, 11) is 0. The smallest absolute Gasteiger partial charge is 0.240 e. The average Bonchev–Trinajstić information content (AvgIpc) is 2.64. The van der Waals surface area contributed by atoms with E-state index in [0.717, 1.165) is 18.4 Å².